The van der Waals surface area contributed by atoms with Gasteiger partial charge in [0.15, 0.2) is 5.13 Å². The second kappa shape index (κ2) is 6.76. The molecule has 0 aliphatic rings. The van der Waals surface area contributed by atoms with E-state index >= 15 is 0 Å². The van der Waals surface area contributed by atoms with Gasteiger partial charge in [-0.3, -0.25) is 14.2 Å². The maximum Gasteiger partial charge on any atom is 0.263 e. The number of aryl methyl sites for hydroxylation is 1. The van der Waals surface area contributed by atoms with Gasteiger partial charge in [0.25, 0.3) is 11.5 Å². The molecule has 0 aliphatic carbocycles. The highest BCUT2D eigenvalue weighted by atomic mass is 32.1. The Bertz CT molecular complexity index is 932. The minimum Gasteiger partial charge on any atom is -0.347 e. The van der Waals surface area contributed by atoms with Crippen LogP contribution >= 0.6 is 11.3 Å². The lowest BCUT2D eigenvalue weighted by Crippen LogP contribution is -2.22. The van der Waals surface area contributed by atoms with Gasteiger partial charge < -0.3 is 5.32 Å². The van der Waals surface area contributed by atoms with E-state index in [9.17, 15) is 14.0 Å². The lowest BCUT2D eigenvalue weighted by molar-refractivity contribution is 0.0954. The van der Waals surface area contributed by atoms with Crippen LogP contribution in [0.1, 0.15) is 20.9 Å². The summed E-state index contributed by atoms with van der Waals surface area (Å²) in [5.74, 6) is -0.592. The highest BCUT2D eigenvalue weighted by Crippen LogP contribution is 2.20. The van der Waals surface area contributed by atoms with E-state index in [0.717, 1.165) is 16.9 Å². The Hall–Kier alpha value is -2.80. The molecule has 5 nitrogen and oxygen atoms in total. The first-order valence-electron chi connectivity index (χ1n) is 7.23. The minimum absolute atomic E-state index is 0.204. The van der Waals surface area contributed by atoms with Crippen molar-refractivity contribution < 1.29 is 9.18 Å². The Labute approximate surface area is 141 Å². The van der Waals surface area contributed by atoms with E-state index < -0.39 is 0 Å². The molecular formula is C17H14FN3O2S. The molecule has 0 radical (unpaired) electrons. The van der Waals surface area contributed by atoms with Crippen molar-refractivity contribution in [2.75, 3.05) is 0 Å². The Morgan fingerprint density at radius 2 is 2.00 bits per heavy atom. The Kier molecular flexibility index (Phi) is 4.52. The third kappa shape index (κ3) is 3.41. The molecule has 0 bridgehead atoms. The number of benzene rings is 1. The molecule has 3 aromatic rings. The van der Waals surface area contributed by atoms with Crippen LogP contribution < -0.4 is 10.9 Å². The summed E-state index contributed by atoms with van der Waals surface area (Å²) in [5, 5.41) is 3.23. The van der Waals surface area contributed by atoms with Crippen LogP contribution in [-0.2, 0) is 6.54 Å². The topological polar surface area (TPSA) is 64.0 Å². The second-order valence-electron chi connectivity index (χ2n) is 5.13. The number of hydrogen-bond acceptors (Lipinski definition) is 4. The third-order valence-corrected chi connectivity index (χ3v) is 4.54. The van der Waals surface area contributed by atoms with Crippen LogP contribution in [0.4, 0.5) is 4.39 Å². The molecule has 7 heteroatoms. The van der Waals surface area contributed by atoms with E-state index in [4.69, 9.17) is 0 Å². The lowest BCUT2D eigenvalue weighted by atomic mass is 10.2. The van der Waals surface area contributed by atoms with Gasteiger partial charge in [0.05, 0.1) is 5.69 Å². The van der Waals surface area contributed by atoms with E-state index in [-0.39, 0.29) is 23.8 Å². The Morgan fingerprint density at radius 3 is 2.71 bits per heavy atom. The van der Waals surface area contributed by atoms with Gasteiger partial charge in [0.2, 0.25) is 0 Å². The molecule has 0 spiro atoms. The molecule has 1 N–H and O–H groups in total. The van der Waals surface area contributed by atoms with Crippen LogP contribution in [0.25, 0.3) is 5.13 Å². The van der Waals surface area contributed by atoms with E-state index in [1.807, 2.05) is 0 Å². The summed E-state index contributed by atoms with van der Waals surface area (Å²) in [5.41, 5.74) is 1.15. The van der Waals surface area contributed by atoms with E-state index in [1.165, 1.54) is 22.8 Å². The average Bonchev–Trinajstić information content (AvgIpc) is 2.96. The smallest absolute Gasteiger partial charge is 0.263 e. The Balaban J connectivity index is 1.77. The molecular weight excluding hydrogens is 329 g/mol. The highest BCUT2D eigenvalue weighted by molar-refractivity contribution is 7.16. The number of amides is 1. The summed E-state index contributed by atoms with van der Waals surface area (Å²) in [6.45, 7) is 2.01. The highest BCUT2D eigenvalue weighted by Gasteiger charge is 2.16. The number of nitrogens with zero attached hydrogens (tertiary/aromatic N) is 2. The van der Waals surface area contributed by atoms with Crippen molar-refractivity contribution in [2.24, 2.45) is 0 Å². The monoisotopic (exact) mass is 343 g/mol. The first-order chi connectivity index (χ1) is 11.5. The minimum atomic E-state index is -0.318. The van der Waals surface area contributed by atoms with Crippen molar-refractivity contribution >= 4 is 17.2 Å². The van der Waals surface area contributed by atoms with Crippen molar-refractivity contribution in [1.29, 1.82) is 0 Å². The SMILES string of the molecule is Cc1nc(-n2ccccc2=O)sc1C(=O)NCc1ccc(F)cc1. The zero-order chi connectivity index (χ0) is 17.1. The number of rotatable bonds is 4. The van der Waals surface area contributed by atoms with Crippen LogP contribution in [0.15, 0.2) is 53.5 Å². The fraction of sp³-hybridized carbons (Fsp3) is 0.118. The first-order valence-corrected chi connectivity index (χ1v) is 8.04. The number of hydrogen-bond donors (Lipinski definition) is 1. The molecule has 0 unspecified atom stereocenters. The molecule has 122 valence electrons. The molecule has 2 heterocycles. The summed E-state index contributed by atoms with van der Waals surface area (Å²) < 4.78 is 14.3. The number of pyridine rings is 1. The van der Waals surface area contributed by atoms with Gasteiger partial charge in [-0.15, -0.1) is 0 Å². The van der Waals surface area contributed by atoms with E-state index in [1.54, 1.807) is 37.4 Å². The quantitative estimate of drug-likeness (QED) is 0.792. The molecule has 0 saturated carbocycles. The van der Waals surface area contributed by atoms with Gasteiger partial charge in [-0.25, -0.2) is 9.37 Å². The van der Waals surface area contributed by atoms with E-state index in [2.05, 4.69) is 10.3 Å². The molecule has 2 aromatic heterocycles. The van der Waals surface area contributed by atoms with Crippen LogP contribution in [0.3, 0.4) is 0 Å². The van der Waals surface area contributed by atoms with Crippen LogP contribution in [0, 0.1) is 12.7 Å². The van der Waals surface area contributed by atoms with Crippen molar-refractivity contribution in [3.05, 3.63) is 81.0 Å². The number of aromatic nitrogens is 2. The number of halogens is 1. The van der Waals surface area contributed by atoms with Gasteiger partial charge in [-0.2, -0.15) is 0 Å². The molecule has 24 heavy (non-hydrogen) atoms. The summed E-state index contributed by atoms with van der Waals surface area (Å²) in [7, 11) is 0. The van der Waals surface area contributed by atoms with Crippen LogP contribution in [0.2, 0.25) is 0 Å². The largest absolute Gasteiger partial charge is 0.347 e. The van der Waals surface area contributed by atoms with E-state index in [0.29, 0.717) is 15.7 Å². The summed E-state index contributed by atoms with van der Waals surface area (Å²) in [6, 6.07) is 10.7. The van der Waals surface area contributed by atoms with Gasteiger partial charge in [0, 0.05) is 18.8 Å². The zero-order valence-corrected chi connectivity index (χ0v) is 13.6. The van der Waals surface area contributed by atoms with Crippen LogP contribution in [0.5, 0.6) is 0 Å². The van der Waals surface area contributed by atoms with Crippen molar-refractivity contribution in [3.8, 4) is 5.13 Å². The number of nitrogens with one attached hydrogen (secondary N) is 1. The van der Waals surface area contributed by atoms with Crippen molar-refractivity contribution in [3.63, 3.8) is 0 Å². The maximum absolute atomic E-state index is 12.9. The molecule has 0 fully saturated rings. The summed E-state index contributed by atoms with van der Waals surface area (Å²) in [4.78, 5) is 28.9. The Morgan fingerprint density at radius 1 is 1.25 bits per heavy atom. The van der Waals surface area contributed by atoms with Gasteiger partial charge in [-0.1, -0.05) is 29.5 Å². The fourth-order valence-electron chi connectivity index (χ4n) is 2.15. The van der Waals surface area contributed by atoms with Crippen molar-refractivity contribution in [1.82, 2.24) is 14.9 Å². The van der Waals surface area contributed by atoms with Gasteiger partial charge >= 0.3 is 0 Å². The zero-order valence-electron chi connectivity index (χ0n) is 12.8. The fourth-order valence-corrected chi connectivity index (χ4v) is 3.12. The number of thiazole rings is 1. The predicted octanol–water partition coefficient (Wildman–Crippen LogP) is 2.67. The molecule has 3 rings (SSSR count). The normalized spacial score (nSPS) is 10.6. The molecule has 1 aromatic carbocycles. The maximum atomic E-state index is 12.9. The standard InChI is InChI=1S/C17H14FN3O2S/c1-11-15(16(23)19-10-12-5-7-13(18)8-6-12)24-17(20-11)21-9-3-2-4-14(21)22/h2-9H,10H2,1H3,(H,19,23). The summed E-state index contributed by atoms with van der Waals surface area (Å²) >= 11 is 1.15. The number of carbonyl (C=O) groups is 1. The summed E-state index contributed by atoms with van der Waals surface area (Å²) in [6.07, 6.45) is 1.61. The third-order valence-electron chi connectivity index (χ3n) is 3.39. The molecule has 0 saturated heterocycles. The van der Waals surface area contributed by atoms with Crippen molar-refractivity contribution in [2.45, 2.75) is 13.5 Å². The predicted molar refractivity (Wildman–Crippen MR) is 90.0 cm³/mol. The average molecular weight is 343 g/mol. The molecule has 1 amide bonds. The van der Waals surface area contributed by atoms with Crippen LogP contribution in [-0.4, -0.2) is 15.5 Å². The number of carbonyl (C=O) groups excluding carboxylic acids is 1. The lowest BCUT2D eigenvalue weighted by Gasteiger charge is -2.04. The van der Waals surface area contributed by atoms with Gasteiger partial charge in [0.1, 0.15) is 10.7 Å². The molecule has 0 aliphatic heterocycles. The van der Waals surface area contributed by atoms with Gasteiger partial charge in [-0.05, 0) is 30.7 Å². The first kappa shape index (κ1) is 16.1. The second-order valence-corrected chi connectivity index (χ2v) is 6.11. The molecule has 0 atom stereocenters.